The molecule has 4 nitrogen and oxygen atoms in total. The quantitative estimate of drug-likeness (QED) is 0.887. The van der Waals surface area contributed by atoms with E-state index in [1.807, 2.05) is 0 Å². The molecule has 0 amide bonds. The third-order valence-corrected chi connectivity index (χ3v) is 3.33. The summed E-state index contributed by atoms with van der Waals surface area (Å²) in [5.41, 5.74) is -0.264. The first-order valence-electron chi connectivity index (χ1n) is 6.37. The maximum absolute atomic E-state index is 13.0. The lowest BCUT2D eigenvalue weighted by atomic mass is 9.91. The zero-order valence-electron chi connectivity index (χ0n) is 11.8. The van der Waals surface area contributed by atoms with Gasteiger partial charge >= 0.3 is 5.97 Å². The van der Waals surface area contributed by atoms with Crippen LogP contribution in [-0.4, -0.2) is 18.2 Å². The van der Waals surface area contributed by atoms with Gasteiger partial charge in [-0.1, -0.05) is 12.1 Å². The van der Waals surface area contributed by atoms with E-state index in [2.05, 4.69) is 5.32 Å². The fraction of sp³-hybridized carbons (Fsp3) is 0.188. The number of anilines is 1. The summed E-state index contributed by atoms with van der Waals surface area (Å²) in [6.45, 7) is 1.53. The van der Waals surface area contributed by atoms with E-state index < -0.39 is 17.3 Å². The van der Waals surface area contributed by atoms with E-state index in [0.29, 0.717) is 17.0 Å². The third kappa shape index (κ3) is 3.13. The Hall–Kier alpha value is -2.56. The van der Waals surface area contributed by atoms with Crippen LogP contribution in [0.5, 0.6) is 5.75 Å². The van der Waals surface area contributed by atoms with Crippen molar-refractivity contribution in [2.75, 3.05) is 12.4 Å². The lowest BCUT2D eigenvalue weighted by Crippen LogP contribution is -2.40. The number of methoxy groups -OCH3 is 1. The molecule has 0 aliphatic heterocycles. The van der Waals surface area contributed by atoms with Crippen molar-refractivity contribution in [1.82, 2.24) is 0 Å². The molecule has 0 saturated heterocycles. The smallest absolute Gasteiger partial charge is 0.333 e. The maximum atomic E-state index is 13.0. The summed E-state index contributed by atoms with van der Waals surface area (Å²) in [7, 11) is 1.56. The molecule has 0 radical (unpaired) electrons. The number of halogens is 1. The van der Waals surface area contributed by atoms with Gasteiger partial charge in [-0.2, -0.15) is 0 Å². The second-order valence-electron chi connectivity index (χ2n) is 4.79. The molecule has 0 fully saturated rings. The minimum absolute atomic E-state index is 0.407. The van der Waals surface area contributed by atoms with Gasteiger partial charge in [0.05, 0.1) is 7.11 Å². The van der Waals surface area contributed by atoms with Gasteiger partial charge < -0.3 is 15.2 Å². The van der Waals surface area contributed by atoms with Gasteiger partial charge in [-0.05, 0) is 48.9 Å². The highest BCUT2D eigenvalue weighted by atomic mass is 19.1. The Morgan fingerprint density at radius 3 is 2.19 bits per heavy atom. The average molecular weight is 289 g/mol. The number of hydrogen-bond donors (Lipinski definition) is 2. The van der Waals surface area contributed by atoms with Gasteiger partial charge in [0, 0.05) is 5.69 Å². The van der Waals surface area contributed by atoms with Crippen LogP contribution in [0.2, 0.25) is 0 Å². The maximum Gasteiger partial charge on any atom is 0.333 e. The second kappa shape index (κ2) is 5.83. The van der Waals surface area contributed by atoms with Crippen LogP contribution in [0.4, 0.5) is 10.1 Å². The Kier molecular flexibility index (Phi) is 4.12. The zero-order valence-corrected chi connectivity index (χ0v) is 11.8. The zero-order chi connectivity index (χ0) is 15.5. The van der Waals surface area contributed by atoms with Crippen molar-refractivity contribution in [2.45, 2.75) is 12.5 Å². The van der Waals surface area contributed by atoms with E-state index in [9.17, 15) is 14.3 Å². The fourth-order valence-electron chi connectivity index (χ4n) is 2.00. The molecule has 21 heavy (non-hydrogen) atoms. The molecule has 0 saturated carbocycles. The molecular weight excluding hydrogens is 273 g/mol. The van der Waals surface area contributed by atoms with Crippen molar-refractivity contribution in [3.05, 3.63) is 59.9 Å². The van der Waals surface area contributed by atoms with Gasteiger partial charge in [-0.3, -0.25) is 0 Å². The van der Waals surface area contributed by atoms with Gasteiger partial charge in [0.1, 0.15) is 11.6 Å². The number of rotatable bonds is 5. The first-order valence-corrected chi connectivity index (χ1v) is 6.37. The number of carboxylic acids is 1. The molecule has 2 rings (SSSR count). The fourth-order valence-corrected chi connectivity index (χ4v) is 2.00. The number of aliphatic carboxylic acids is 1. The Balaban J connectivity index is 2.33. The summed E-state index contributed by atoms with van der Waals surface area (Å²) in [5.74, 6) is -0.778. The number of hydrogen-bond acceptors (Lipinski definition) is 3. The molecule has 5 heteroatoms. The van der Waals surface area contributed by atoms with Crippen LogP contribution in [0.25, 0.3) is 0 Å². The number of nitrogens with one attached hydrogen (secondary N) is 1. The summed E-state index contributed by atoms with van der Waals surface area (Å²) in [4.78, 5) is 11.7. The largest absolute Gasteiger partial charge is 0.497 e. The minimum atomic E-state index is -1.36. The van der Waals surface area contributed by atoms with E-state index in [4.69, 9.17) is 4.74 Å². The van der Waals surface area contributed by atoms with E-state index in [1.165, 1.54) is 31.2 Å². The molecule has 2 N–H and O–H groups in total. The van der Waals surface area contributed by atoms with Crippen molar-refractivity contribution >= 4 is 11.7 Å². The van der Waals surface area contributed by atoms with Crippen molar-refractivity contribution in [1.29, 1.82) is 0 Å². The molecule has 2 aromatic carbocycles. The van der Waals surface area contributed by atoms with E-state index in [1.54, 1.807) is 31.4 Å². The van der Waals surface area contributed by atoms with Crippen LogP contribution in [0.15, 0.2) is 48.5 Å². The molecule has 0 aliphatic carbocycles. The molecule has 110 valence electrons. The van der Waals surface area contributed by atoms with Gasteiger partial charge in [0.25, 0.3) is 0 Å². The number of carbonyl (C=O) groups is 1. The van der Waals surface area contributed by atoms with Gasteiger partial charge in [-0.25, -0.2) is 9.18 Å². The normalized spacial score (nSPS) is 13.3. The number of carboxylic acid groups (broad SMARTS) is 1. The lowest BCUT2D eigenvalue weighted by molar-refractivity contribution is -0.142. The van der Waals surface area contributed by atoms with Gasteiger partial charge in [-0.15, -0.1) is 0 Å². The van der Waals surface area contributed by atoms with Crippen LogP contribution in [-0.2, 0) is 10.3 Å². The van der Waals surface area contributed by atoms with E-state index >= 15 is 0 Å². The van der Waals surface area contributed by atoms with Crippen molar-refractivity contribution in [2.24, 2.45) is 0 Å². The second-order valence-corrected chi connectivity index (χ2v) is 4.79. The standard InChI is InChI=1S/C16H16FNO3/c1-16(15(19)20,11-3-5-12(17)6-4-11)18-13-7-9-14(21-2)10-8-13/h3-10,18H,1-2H3,(H,19,20). The predicted octanol–water partition coefficient (Wildman–Crippen LogP) is 3.25. The summed E-state index contributed by atoms with van der Waals surface area (Å²) in [6.07, 6.45) is 0. The topological polar surface area (TPSA) is 58.6 Å². The van der Waals surface area contributed by atoms with E-state index in [-0.39, 0.29) is 0 Å². The van der Waals surface area contributed by atoms with Crippen LogP contribution in [0, 0.1) is 5.82 Å². The molecule has 1 atom stereocenters. The van der Waals surface area contributed by atoms with Gasteiger partial charge in [0.2, 0.25) is 0 Å². The van der Waals surface area contributed by atoms with Gasteiger partial charge in [0.15, 0.2) is 5.54 Å². The number of benzene rings is 2. The van der Waals surface area contributed by atoms with Crippen LogP contribution in [0.3, 0.4) is 0 Å². The SMILES string of the molecule is COc1ccc(NC(C)(C(=O)O)c2ccc(F)cc2)cc1. The molecule has 0 aliphatic rings. The highest BCUT2D eigenvalue weighted by Crippen LogP contribution is 2.27. The monoisotopic (exact) mass is 289 g/mol. The lowest BCUT2D eigenvalue weighted by Gasteiger charge is -2.28. The number of ether oxygens (including phenoxy) is 1. The Labute approximate surface area is 122 Å². The van der Waals surface area contributed by atoms with Crippen molar-refractivity contribution in [3.63, 3.8) is 0 Å². The Morgan fingerprint density at radius 1 is 1.14 bits per heavy atom. The summed E-state index contributed by atoms with van der Waals surface area (Å²) in [6, 6.07) is 12.3. The first-order chi connectivity index (χ1) is 9.95. The van der Waals surface area contributed by atoms with E-state index in [0.717, 1.165) is 0 Å². The molecular formula is C16H16FNO3. The summed E-state index contributed by atoms with van der Waals surface area (Å²) in [5, 5.41) is 12.5. The first kappa shape index (κ1) is 14.8. The van der Waals surface area contributed by atoms with Crippen LogP contribution < -0.4 is 10.1 Å². The van der Waals surface area contributed by atoms with Crippen LogP contribution in [0.1, 0.15) is 12.5 Å². The molecule has 1 unspecified atom stereocenters. The molecule has 0 heterocycles. The third-order valence-electron chi connectivity index (χ3n) is 3.33. The van der Waals surface area contributed by atoms with Crippen LogP contribution >= 0.6 is 0 Å². The Bertz CT molecular complexity index is 625. The predicted molar refractivity (Wildman–Crippen MR) is 78.0 cm³/mol. The minimum Gasteiger partial charge on any atom is -0.497 e. The molecule has 0 spiro atoms. The molecule has 0 aromatic heterocycles. The van der Waals surface area contributed by atoms with Crippen molar-refractivity contribution in [3.8, 4) is 5.75 Å². The summed E-state index contributed by atoms with van der Waals surface area (Å²) >= 11 is 0. The van der Waals surface area contributed by atoms with Crippen molar-refractivity contribution < 1.29 is 19.0 Å². The molecule has 2 aromatic rings. The highest BCUT2D eigenvalue weighted by Gasteiger charge is 2.35. The average Bonchev–Trinajstić information content (AvgIpc) is 2.48. The molecule has 0 bridgehead atoms. The Morgan fingerprint density at radius 2 is 1.71 bits per heavy atom. The highest BCUT2D eigenvalue weighted by molar-refractivity contribution is 5.84. The summed E-state index contributed by atoms with van der Waals surface area (Å²) < 4.78 is 18.1.